The number of ether oxygens (including phenoxy) is 2. The van der Waals surface area contributed by atoms with Crippen LogP contribution in [0.4, 0.5) is 33.6 Å². The smallest absolute Gasteiger partial charge is 0.423 e. The lowest BCUT2D eigenvalue weighted by Gasteiger charge is -2.31. The van der Waals surface area contributed by atoms with Crippen molar-refractivity contribution in [3.05, 3.63) is 81.8 Å². The summed E-state index contributed by atoms with van der Waals surface area (Å²) in [6.45, 7) is 2.78. The minimum Gasteiger partial charge on any atom is -0.497 e. The molecule has 0 aliphatic carbocycles. The Balaban J connectivity index is 1.12. The topological polar surface area (TPSA) is 125 Å². The van der Waals surface area contributed by atoms with Gasteiger partial charge in [-0.25, -0.2) is 28.1 Å². The third kappa shape index (κ3) is 7.94. The molecular formula is C29H32F5N9O3. The molecule has 1 unspecified atom stereocenters. The third-order valence-electron chi connectivity index (χ3n) is 7.43. The molecule has 0 spiro atoms. The zero-order valence-corrected chi connectivity index (χ0v) is 25.0. The first-order valence-electron chi connectivity index (χ1n) is 14.4. The second kappa shape index (κ2) is 14.2. The molecule has 3 aromatic heterocycles. The van der Waals surface area contributed by atoms with Crippen LogP contribution in [0.25, 0.3) is 0 Å². The van der Waals surface area contributed by atoms with E-state index in [0.29, 0.717) is 48.9 Å². The number of alkyl halides is 5. The molecule has 0 saturated carbocycles. The van der Waals surface area contributed by atoms with E-state index in [1.165, 1.54) is 7.11 Å². The first-order valence-corrected chi connectivity index (χ1v) is 14.4. The molecule has 17 heteroatoms. The lowest BCUT2D eigenvalue weighted by Crippen LogP contribution is -2.35. The number of hydrogen-bond donors (Lipinski definition) is 1. The summed E-state index contributed by atoms with van der Waals surface area (Å²) >= 11 is 0. The number of methoxy groups -OCH3 is 1. The first-order chi connectivity index (χ1) is 22.0. The average molecular weight is 650 g/mol. The molecule has 1 saturated heterocycles. The quantitative estimate of drug-likeness (QED) is 0.220. The van der Waals surface area contributed by atoms with Gasteiger partial charge in [0.15, 0.2) is 0 Å². The summed E-state index contributed by atoms with van der Waals surface area (Å²) in [5.74, 6) is 0.972. The largest absolute Gasteiger partial charge is 0.497 e. The molecule has 0 radical (unpaired) electrons. The highest BCUT2D eigenvalue weighted by Gasteiger charge is 2.38. The summed E-state index contributed by atoms with van der Waals surface area (Å²) in [5.41, 5.74) is -2.14. The average Bonchev–Trinajstić information content (AvgIpc) is 3.51. The predicted octanol–water partition coefficient (Wildman–Crippen LogP) is 4.50. The van der Waals surface area contributed by atoms with E-state index in [1.54, 1.807) is 42.1 Å². The Labute approximate surface area is 260 Å². The van der Waals surface area contributed by atoms with E-state index in [1.807, 2.05) is 4.90 Å². The fourth-order valence-corrected chi connectivity index (χ4v) is 5.03. The van der Waals surface area contributed by atoms with Crippen molar-refractivity contribution < 1.29 is 31.4 Å². The van der Waals surface area contributed by atoms with Crippen molar-refractivity contribution in [1.82, 2.24) is 34.7 Å². The van der Waals surface area contributed by atoms with Crippen LogP contribution in [-0.2, 0) is 24.1 Å². The van der Waals surface area contributed by atoms with Crippen molar-refractivity contribution in [2.45, 2.75) is 57.6 Å². The van der Waals surface area contributed by atoms with Gasteiger partial charge in [0, 0.05) is 31.5 Å². The summed E-state index contributed by atoms with van der Waals surface area (Å²) in [6, 6.07) is 6.03. The monoisotopic (exact) mass is 649 g/mol. The maximum Gasteiger partial charge on any atom is 0.423 e. The van der Waals surface area contributed by atoms with Gasteiger partial charge in [-0.1, -0.05) is 17.3 Å². The number of nitrogens with zero attached hydrogens (tertiary/aromatic N) is 8. The summed E-state index contributed by atoms with van der Waals surface area (Å²) in [6.07, 6.45) is -1.11. The SMILES string of the molecule is COc1ccc(Cn2ncc(NC(C)COCc3cn(C4CCN(c5ncc(C(F)F)cn5)CC4)nn3)c(C(F)(F)F)c2=O)cc1. The van der Waals surface area contributed by atoms with E-state index >= 15 is 0 Å². The number of nitrogens with one attached hydrogen (secondary N) is 1. The van der Waals surface area contributed by atoms with Crippen LogP contribution < -0.4 is 20.5 Å². The van der Waals surface area contributed by atoms with Gasteiger partial charge in [0.05, 0.1) is 56.6 Å². The number of piperidine rings is 1. The fourth-order valence-electron chi connectivity index (χ4n) is 5.03. The lowest BCUT2D eigenvalue weighted by atomic mass is 10.1. The molecule has 0 amide bonds. The predicted molar refractivity (Wildman–Crippen MR) is 156 cm³/mol. The fraction of sp³-hybridized carbons (Fsp3) is 0.448. The van der Waals surface area contributed by atoms with E-state index in [4.69, 9.17) is 9.47 Å². The molecule has 4 aromatic rings. The molecule has 0 bridgehead atoms. The summed E-state index contributed by atoms with van der Waals surface area (Å²) in [5, 5.41) is 15.0. The van der Waals surface area contributed by atoms with Crippen molar-refractivity contribution in [2.75, 3.05) is 37.0 Å². The number of benzene rings is 1. The molecule has 246 valence electrons. The molecule has 5 rings (SSSR count). The van der Waals surface area contributed by atoms with Crippen LogP contribution in [0.1, 0.15) is 54.6 Å². The van der Waals surface area contributed by atoms with Crippen LogP contribution in [0.5, 0.6) is 5.75 Å². The molecule has 1 aliphatic rings. The molecular weight excluding hydrogens is 617 g/mol. The standard InChI is InChI=1S/C29H32F5N9O3/c1-18(38-24-13-37-43(27(44)25(24)29(32,33)34)14-19-3-5-23(45-2)6-4-19)16-46-17-21-15-42(40-39-21)22-7-9-41(10-8-22)28-35-11-20(12-36-28)26(30)31/h3-6,11-13,15,18,22,26,38H,7-10,14,16-17H2,1-2H3. The van der Waals surface area contributed by atoms with E-state index in [2.05, 4.69) is 30.7 Å². The lowest BCUT2D eigenvalue weighted by molar-refractivity contribution is -0.138. The van der Waals surface area contributed by atoms with Gasteiger partial charge in [0.2, 0.25) is 5.95 Å². The Hall–Kier alpha value is -4.67. The highest BCUT2D eigenvalue weighted by Crippen LogP contribution is 2.32. The van der Waals surface area contributed by atoms with Crippen LogP contribution >= 0.6 is 0 Å². The second-order valence-corrected chi connectivity index (χ2v) is 10.8. The van der Waals surface area contributed by atoms with Crippen molar-refractivity contribution >= 4 is 11.6 Å². The van der Waals surface area contributed by atoms with E-state index in [9.17, 15) is 26.7 Å². The maximum atomic E-state index is 14.0. The van der Waals surface area contributed by atoms with Gasteiger partial charge in [-0.15, -0.1) is 5.10 Å². The molecule has 4 heterocycles. The first kappa shape index (κ1) is 32.7. The summed E-state index contributed by atoms with van der Waals surface area (Å²) in [4.78, 5) is 22.8. The molecule has 46 heavy (non-hydrogen) atoms. The number of hydrogen-bond acceptors (Lipinski definition) is 10. The zero-order chi connectivity index (χ0) is 32.8. The Bertz CT molecular complexity index is 1640. The molecule has 1 atom stereocenters. The van der Waals surface area contributed by atoms with Gasteiger partial charge in [0.25, 0.3) is 12.0 Å². The maximum absolute atomic E-state index is 14.0. The van der Waals surface area contributed by atoms with Crippen molar-refractivity contribution in [1.29, 1.82) is 0 Å². The summed E-state index contributed by atoms with van der Waals surface area (Å²) in [7, 11) is 1.49. The minimum absolute atomic E-state index is 0.0157. The number of anilines is 2. The van der Waals surface area contributed by atoms with Crippen molar-refractivity contribution in [2.24, 2.45) is 0 Å². The van der Waals surface area contributed by atoms with Gasteiger partial charge >= 0.3 is 6.18 Å². The van der Waals surface area contributed by atoms with Gasteiger partial charge in [0.1, 0.15) is 17.0 Å². The normalized spacial score (nSPS) is 14.9. The Morgan fingerprint density at radius 3 is 2.39 bits per heavy atom. The van der Waals surface area contributed by atoms with E-state index in [-0.39, 0.29) is 31.4 Å². The van der Waals surface area contributed by atoms with Crippen LogP contribution in [0.2, 0.25) is 0 Å². The van der Waals surface area contributed by atoms with E-state index in [0.717, 1.165) is 23.3 Å². The number of aromatic nitrogens is 7. The van der Waals surface area contributed by atoms with Gasteiger partial charge in [-0.2, -0.15) is 18.3 Å². The van der Waals surface area contributed by atoms with Gasteiger partial charge in [-0.3, -0.25) is 4.79 Å². The zero-order valence-electron chi connectivity index (χ0n) is 25.0. The molecule has 1 aromatic carbocycles. The van der Waals surface area contributed by atoms with E-state index < -0.39 is 35.5 Å². The highest BCUT2D eigenvalue weighted by molar-refractivity contribution is 5.50. The Morgan fingerprint density at radius 1 is 1.07 bits per heavy atom. The Morgan fingerprint density at radius 2 is 1.76 bits per heavy atom. The second-order valence-electron chi connectivity index (χ2n) is 10.8. The number of halogens is 5. The summed E-state index contributed by atoms with van der Waals surface area (Å²) < 4.78 is 80.7. The van der Waals surface area contributed by atoms with Crippen LogP contribution in [-0.4, -0.2) is 67.6 Å². The highest BCUT2D eigenvalue weighted by atomic mass is 19.4. The molecule has 1 fully saturated rings. The van der Waals surface area contributed by atoms with Crippen LogP contribution in [0.3, 0.4) is 0 Å². The van der Waals surface area contributed by atoms with Crippen LogP contribution in [0, 0.1) is 0 Å². The molecule has 1 aliphatic heterocycles. The molecule has 1 N–H and O–H groups in total. The third-order valence-corrected chi connectivity index (χ3v) is 7.43. The van der Waals surface area contributed by atoms with Crippen LogP contribution in [0.15, 0.2) is 53.8 Å². The minimum atomic E-state index is -4.91. The van der Waals surface area contributed by atoms with Crippen molar-refractivity contribution in [3.8, 4) is 5.75 Å². The number of rotatable bonds is 12. The van der Waals surface area contributed by atoms with Crippen molar-refractivity contribution in [3.63, 3.8) is 0 Å². The molecule has 12 nitrogen and oxygen atoms in total. The Kier molecular flexibility index (Phi) is 10.1. The van der Waals surface area contributed by atoms with Gasteiger partial charge in [-0.05, 0) is 37.5 Å². The van der Waals surface area contributed by atoms with Gasteiger partial charge < -0.3 is 19.7 Å².